The lowest BCUT2D eigenvalue weighted by atomic mass is 9.89. The number of hydrogen-bond acceptors (Lipinski definition) is 4. The van der Waals surface area contributed by atoms with Gasteiger partial charge in [0.1, 0.15) is 5.75 Å². The van der Waals surface area contributed by atoms with Crippen LogP contribution in [0.4, 0.5) is 0 Å². The van der Waals surface area contributed by atoms with Crippen molar-refractivity contribution in [3.8, 4) is 16.9 Å². The Morgan fingerprint density at radius 2 is 1.90 bits per heavy atom. The Morgan fingerprint density at radius 3 is 2.66 bits per heavy atom. The molecule has 6 nitrogen and oxygen atoms in total. The molecule has 2 heterocycles. The summed E-state index contributed by atoms with van der Waals surface area (Å²) in [4.78, 5) is 14.7. The van der Waals surface area contributed by atoms with Gasteiger partial charge in [0.15, 0.2) is 0 Å². The number of piperidine rings is 1. The molecular weight excluding hydrogens is 388 g/mol. The molecule has 7 heteroatoms. The third kappa shape index (κ3) is 4.46. The van der Waals surface area contributed by atoms with Crippen molar-refractivity contribution < 1.29 is 17.9 Å². The van der Waals surface area contributed by atoms with Crippen LogP contribution in [-0.4, -0.2) is 50.7 Å². The quantitative estimate of drug-likeness (QED) is 0.838. The number of sulfonamides is 1. The van der Waals surface area contributed by atoms with Gasteiger partial charge in [0.05, 0.1) is 25.3 Å². The van der Waals surface area contributed by atoms with Crippen molar-refractivity contribution in [1.29, 1.82) is 0 Å². The topological polar surface area (TPSA) is 75.7 Å². The summed E-state index contributed by atoms with van der Waals surface area (Å²) in [7, 11) is -3.37. The summed E-state index contributed by atoms with van der Waals surface area (Å²) in [6, 6.07) is 15.5. The summed E-state index contributed by atoms with van der Waals surface area (Å²) in [6.07, 6.45) is 3.51. The highest BCUT2D eigenvalue weighted by Crippen LogP contribution is 2.36. The Balaban J connectivity index is 1.76. The van der Waals surface area contributed by atoms with E-state index in [4.69, 9.17) is 4.74 Å². The second-order valence-electron chi connectivity index (χ2n) is 7.76. The summed E-state index contributed by atoms with van der Waals surface area (Å²) in [5.41, 5.74) is 3.05. The lowest BCUT2D eigenvalue weighted by Crippen LogP contribution is -2.57. The summed E-state index contributed by atoms with van der Waals surface area (Å²) >= 11 is 0. The molecule has 0 bridgehead atoms. The van der Waals surface area contributed by atoms with Gasteiger partial charge < -0.3 is 9.64 Å². The van der Waals surface area contributed by atoms with Gasteiger partial charge >= 0.3 is 0 Å². The molecule has 1 N–H and O–H groups in total. The number of nitrogens with zero attached hydrogens (tertiary/aromatic N) is 1. The average molecular weight is 415 g/mol. The van der Waals surface area contributed by atoms with Crippen LogP contribution in [0.15, 0.2) is 48.5 Å². The number of para-hydroxylation sites is 1. The molecule has 4 rings (SSSR count). The van der Waals surface area contributed by atoms with Crippen LogP contribution in [0, 0.1) is 0 Å². The monoisotopic (exact) mass is 414 g/mol. The molecule has 0 radical (unpaired) electrons. The van der Waals surface area contributed by atoms with Crippen molar-refractivity contribution in [1.82, 2.24) is 9.62 Å². The number of benzene rings is 2. The summed E-state index contributed by atoms with van der Waals surface area (Å²) in [5, 5.41) is 0. The molecule has 1 fully saturated rings. The first-order valence-electron chi connectivity index (χ1n) is 9.99. The fraction of sp³-hybridized carbons (Fsp3) is 0.409. The van der Waals surface area contributed by atoms with Crippen molar-refractivity contribution >= 4 is 15.9 Å². The van der Waals surface area contributed by atoms with Gasteiger partial charge in [-0.05, 0) is 30.4 Å². The van der Waals surface area contributed by atoms with Crippen LogP contribution in [-0.2, 0) is 21.2 Å². The second-order valence-corrected chi connectivity index (χ2v) is 9.54. The molecule has 0 aliphatic carbocycles. The Labute approximate surface area is 171 Å². The van der Waals surface area contributed by atoms with E-state index in [-0.39, 0.29) is 24.4 Å². The minimum atomic E-state index is -3.37. The fourth-order valence-corrected chi connectivity index (χ4v) is 5.23. The van der Waals surface area contributed by atoms with E-state index >= 15 is 0 Å². The van der Waals surface area contributed by atoms with E-state index in [0.29, 0.717) is 19.6 Å². The molecule has 1 saturated heterocycles. The number of ether oxygens (including phenoxy) is 1. The number of fused-ring (bicyclic) bond motifs is 2. The Morgan fingerprint density at radius 1 is 1.10 bits per heavy atom. The van der Waals surface area contributed by atoms with E-state index in [0.717, 1.165) is 35.3 Å². The average Bonchev–Trinajstić information content (AvgIpc) is 2.76. The highest BCUT2D eigenvalue weighted by atomic mass is 32.2. The van der Waals surface area contributed by atoms with Gasteiger partial charge in [0.2, 0.25) is 15.9 Å². The van der Waals surface area contributed by atoms with E-state index in [9.17, 15) is 13.2 Å². The first kappa shape index (κ1) is 19.9. The van der Waals surface area contributed by atoms with E-state index in [2.05, 4.69) is 4.72 Å². The maximum absolute atomic E-state index is 12.8. The lowest BCUT2D eigenvalue weighted by Gasteiger charge is -2.41. The number of nitrogens with one attached hydrogen (secondary N) is 1. The molecule has 1 amide bonds. The molecule has 0 spiro atoms. The molecule has 29 heavy (non-hydrogen) atoms. The second kappa shape index (κ2) is 8.16. The molecular formula is C22H26N2O4S. The van der Waals surface area contributed by atoms with Crippen molar-refractivity contribution in [3.63, 3.8) is 0 Å². The Bertz CT molecular complexity index is 991. The van der Waals surface area contributed by atoms with Crippen LogP contribution in [0.2, 0.25) is 0 Å². The normalized spacial score (nSPS) is 22.5. The Hall–Kier alpha value is -2.38. The van der Waals surface area contributed by atoms with Crippen LogP contribution in [0.5, 0.6) is 5.75 Å². The van der Waals surface area contributed by atoms with Gasteiger partial charge in [-0.2, -0.15) is 0 Å². The molecule has 2 aromatic rings. The number of carbonyl (C=O) groups is 1. The smallest absolute Gasteiger partial charge is 0.226 e. The van der Waals surface area contributed by atoms with Gasteiger partial charge in [0, 0.05) is 18.2 Å². The predicted molar refractivity (Wildman–Crippen MR) is 112 cm³/mol. The van der Waals surface area contributed by atoms with E-state index in [1.165, 1.54) is 6.26 Å². The summed E-state index contributed by atoms with van der Waals surface area (Å²) < 4.78 is 32.7. The minimum Gasteiger partial charge on any atom is -0.492 e. The third-order valence-electron chi connectivity index (χ3n) is 5.64. The fourth-order valence-electron chi connectivity index (χ4n) is 4.40. The van der Waals surface area contributed by atoms with Crippen LogP contribution in [0.25, 0.3) is 11.1 Å². The van der Waals surface area contributed by atoms with Crippen molar-refractivity contribution in [2.75, 3.05) is 19.4 Å². The van der Waals surface area contributed by atoms with Crippen molar-refractivity contribution in [3.05, 3.63) is 54.1 Å². The molecule has 2 atom stereocenters. The zero-order chi connectivity index (χ0) is 20.4. The van der Waals surface area contributed by atoms with Crippen LogP contribution >= 0.6 is 0 Å². The maximum Gasteiger partial charge on any atom is 0.226 e. The highest BCUT2D eigenvalue weighted by molar-refractivity contribution is 7.88. The number of amides is 1. The zero-order valence-corrected chi connectivity index (χ0v) is 17.3. The zero-order valence-electron chi connectivity index (χ0n) is 16.5. The lowest BCUT2D eigenvalue weighted by molar-refractivity contribution is -0.135. The molecule has 2 aliphatic heterocycles. The first-order valence-corrected chi connectivity index (χ1v) is 11.9. The van der Waals surface area contributed by atoms with Crippen molar-refractivity contribution in [2.24, 2.45) is 0 Å². The molecule has 2 aromatic carbocycles. The molecule has 2 aliphatic rings. The van der Waals surface area contributed by atoms with Crippen LogP contribution in [0.3, 0.4) is 0 Å². The van der Waals surface area contributed by atoms with Gasteiger partial charge in [-0.1, -0.05) is 48.5 Å². The van der Waals surface area contributed by atoms with Crippen LogP contribution < -0.4 is 9.46 Å². The van der Waals surface area contributed by atoms with Crippen LogP contribution in [0.1, 0.15) is 24.8 Å². The van der Waals surface area contributed by atoms with Gasteiger partial charge in [0.25, 0.3) is 0 Å². The predicted octanol–water partition coefficient (Wildman–Crippen LogP) is 2.59. The maximum atomic E-state index is 12.8. The molecule has 2 unspecified atom stereocenters. The SMILES string of the molecule is CS(=O)(=O)NC1CCCN2C(=O)CCOc3c(cccc3-c3ccccc3)CC12. The standard InChI is InChI=1S/C22H26N2O4S/c1-29(26,27)23-19-11-6-13-24-20(19)15-17-9-5-10-18(16-7-3-2-4-8-16)22(17)28-14-12-21(24)25/h2-5,7-10,19-20,23H,6,11-15H2,1H3. The molecule has 0 saturated carbocycles. The van der Waals surface area contributed by atoms with Gasteiger partial charge in [-0.15, -0.1) is 0 Å². The number of rotatable bonds is 3. The van der Waals surface area contributed by atoms with Gasteiger partial charge in [-0.3, -0.25) is 4.79 Å². The highest BCUT2D eigenvalue weighted by Gasteiger charge is 2.37. The first-order chi connectivity index (χ1) is 13.9. The minimum absolute atomic E-state index is 0.0177. The van der Waals surface area contributed by atoms with E-state index in [1.54, 1.807) is 0 Å². The third-order valence-corrected chi connectivity index (χ3v) is 6.37. The molecule has 154 valence electrons. The summed E-state index contributed by atoms with van der Waals surface area (Å²) in [6.45, 7) is 0.961. The van der Waals surface area contributed by atoms with E-state index < -0.39 is 10.0 Å². The number of hydrogen-bond donors (Lipinski definition) is 1. The summed E-state index contributed by atoms with van der Waals surface area (Å²) in [5.74, 6) is 0.807. The number of carbonyl (C=O) groups excluding carboxylic acids is 1. The van der Waals surface area contributed by atoms with E-state index in [1.807, 2.05) is 53.4 Å². The van der Waals surface area contributed by atoms with Crippen molar-refractivity contribution in [2.45, 2.75) is 37.8 Å². The molecule has 0 aromatic heterocycles. The van der Waals surface area contributed by atoms with Gasteiger partial charge in [-0.25, -0.2) is 13.1 Å². The largest absolute Gasteiger partial charge is 0.492 e. The Kier molecular flexibility index (Phi) is 5.61.